The molecule has 10 nitrogen and oxygen atoms in total. The summed E-state index contributed by atoms with van der Waals surface area (Å²) >= 11 is 0. The van der Waals surface area contributed by atoms with Gasteiger partial charge in [0.25, 0.3) is 5.69 Å². The normalized spacial score (nSPS) is 10.9. The van der Waals surface area contributed by atoms with Gasteiger partial charge in [-0.05, 0) is 70.0 Å². The number of hydrogen-bond acceptors (Lipinski definition) is 8. The van der Waals surface area contributed by atoms with E-state index in [0.717, 1.165) is 38.5 Å². The molecule has 10 heteroatoms. The summed E-state index contributed by atoms with van der Waals surface area (Å²) in [6.07, 6.45) is 4.66. The number of ether oxygens (including phenoxy) is 3. The maximum Gasteiger partial charge on any atom is 0.412 e. The number of non-ortho nitro benzene ring substituents is 1. The maximum absolute atomic E-state index is 12.2. The van der Waals surface area contributed by atoms with Gasteiger partial charge in [0.2, 0.25) is 0 Å². The zero-order valence-corrected chi connectivity index (χ0v) is 21.5. The molecular weight excluding hydrogens is 480 g/mol. The average Bonchev–Trinajstić information content (AvgIpc) is 2.84. The van der Waals surface area contributed by atoms with Crippen LogP contribution in [0.1, 0.15) is 80.0 Å². The predicted octanol–water partition coefficient (Wildman–Crippen LogP) is 6.30. The Hall–Kier alpha value is -3.95. The van der Waals surface area contributed by atoms with Gasteiger partial charge in [0.15, 0.2) is 0 Å². The van der Waals surface area contributed by atoms with E-state index in [1.165, 1.54) is 24.3 Å². The van der Waals surface area contributed by atoms with Gasteiger partial charge in [-0.25, -0.2) is 14.4 Å². The van der Waals surface area contributed by atoms with E-state index >= 15 is 0 Å². The fourth-order valence-electron chi connectivity index (χ4n) is 3.24. The van der Waals surface area contributed by atoms with Crippen molar-refractivity contribution in [2.24, 2.45) is 0 Å². The van der Waals surface area contributed by atoms with Gasteiger partial charge < -0.3 is 14.2 Å². The molecular formula is C27H34N2O8. The number of amides is 1. The van der Waals surface area contributed by atoms with Crippen LogP contribution in [0.4, 0.5) is 16.2 Å². The molecule has 0 unspecified atom stereocenters. The first kappa shape index (κ1) is 29.3. The number of benzene rings is 2. The van der Waals surface area contributed by atoms with E-state index in [0.29, 0.717) is 24.5 Å². The number of nitrogens with zero attached hydrogens (tertiary/aromatic N) is 1. The lowest BCUT2D eigenvalue weighted by Gasteiger charge is -2.19. The molecule has 0 radical (unpaired) electrons. The van der Waals surface area contributed by atoms with Gasteiger partial charge in [0.05, 0.1) is 29.3 Å². The molecule has 0 aliphatic carbocycles. The van der Waals surface area contributed by atoms with Crippen LogP contribution in [0.5, 0.6) is 0 Å². The van der Waals surface area contributed by atoms with Gasteiger partial charge in [-0.15, -0.1) is 0 Å². The van der Waals surface area contributed by atoms with Crippen molar-refractivity contribution in [2.75, 3.05) is 18.5 Å². The zero-order chi connectivity index (χ0) is 27.3. The second-order valence-electron chi connectivity index (χ2n) is 9.40. The van der Waals surface area contributed by atoms with Crippen molar-refractivity contribution in [3.8, 4) is 0 Å². The summed E-state index contributed by atoms with van der Waals surface area (Å²) in [4.78, 5) is 46.0. The van der Waals surface area contributed by atoms with E-state index in [2.05, 4.69) is 5.32 Å². The Bertz CT molecular complexity index is 1040. The number of anilines is 1. The summed E-state index contributed by atoms with van der Waals surface area (Å²) in [5, 5.41) is 13.3. The third-order valence-corrected chi connectivity index (χ3v) is 5.08. The molecule has 2 aromatic rings. The monoisotopic (exact) mass is 514 g/mol. The summed E-state index contributed by atoms with van der Waals surface area (Å²) in [6.45, 7) is 5.94. The highest BCUT2D eigenvalue weighted by molar-refractivity contribution is 5.91. The molecule has 0 heterocycles. The summed E-state index contributed by atoms with van der Waals surface area (Å²) < 4.78 is 15.7. The van der Waals surface area contributed by atoms with Crippen molar-refractivity contribution < 1.29 is 33.5 Å². The fraction of sp³-hybridized carbons (Fsp3) is 0.444. The van der Waals surface area contributed by atoms with Gasteiger partial charge in [-0.2, -0.15) is 0 Å². The third kappa shape index (κ3) is 11.6. The van der Waals surface area contributed by atoms with Crippen LogP contribution in [0, 0.1) is 10.1 Å². The van der Waals surface area contributed by atoms with Crippen LogP contribution in [-0.2, 0) is 14.2 Å². The Balaban J connectivity index is 1.51. The first-order valence-corrected chi connectivity index (χ1v) is 12.2. The molecule has 0 aliphatic heterocycles. The minimum atomic E-state index is -0.596. The van der Waals surface area contributed by atoms with Gasteiger partial charge in [-0.3, -0.25) is 15.4 Å². The molecule has 200 valence electrons. The Morgan fingerprint density at radius 3 is 1.62 bits per heavy atom. The van der Waals surface area contributed by atoms with Gasteiger partial charge in [0, 0.05) is 17.8 Å². The van der Waals surface area contributed by atoms with Crippen molar-refractivity contribution >= 4 is 29.4 Å². The minimum Gasteiger partial charge on any atom is -0.462 e. The molecule has 37 heavy (non-hydrogen) atoms. The van der Waals surface area contributed by atoms with E-state index in [9.17, 15) is 24.5 Å². The second kappa shape index (κ2) is 14.6. The molecule has 0 saturated carbocycles. The maximum atomic E-state index is 12.2. The lowest BCUT2D eigenvalue weighted by molar-refractivity contribution is -0.384. The average molecular weight is 515 g/mol. The molecule has 0 aliphatic rings. The molecule has 1 amide bonds. The van der Waals surface area contributed by atoms with Crippen LogP contribution in [0.2, 0.25) is 0 Å². The molecule has 0 bridgehead atoms. The first-order valence-electron chi connectivity index (χ1n) is 12.2. The number of hydrogen-bond donors (Lipinski definition) is 1. The first-order chi connectivity index (χ1) is 17.5. The smallest absolute Gasteiger partial charge is 0.412 e. The van der Waals surface area contributed by atoms with Crippen molar-refractivity contribution in [2.45, 2.75) is 64.9 Å². The number of nitro benzene ring substituents is 1. The SMILES string of the molecule is CC(C)(C)OC(=O)Nc1ccc(C(=O)OCCCCCCCCOC(=O)c2ccc([N+](=O)[O-])cc2)cc1. The van der Waals surface area contributed by atoms with E-state index in [1.54, 1.807) is 45.0 Å². The third-order valence-electron chi connectivity index (χ3n) is 5.08. The van der Waals surface area contributed by atoms with E-state index in [4.69, 9.17) is 14.2 Å². The van der Waals surface area contributed by atoms with Crippen LogP contribution in [-0.4, -0.2) is 41.8 Å². The van der Waals surface area contributed by atoms with Crippen molar-refractivity contribution in [3.63, 3.8) is 0 Å². The van der Waals surface area contributed by atoms with Crippen LogP contribution >= 0.6 is 0 Å². The Kier molecular flexibility index (Phi) is 11.5. The standard InChI is InChI=1S/C27H34N2O8/c1-27(2,3)37-26(32)28-22-14-10-20(11-15-22)24(30)35-18-8-6-4-5-7-9-19-36-25(31)21-12-16-23(17-13-21)29(33)34/h10-17H,4-9,18-19H2,1-3H3,(H,28,32). The highest BCUT2D eigenvalue weighted by Crippen LogP contribution is 2.15. The van der Waals surface area contributed by atoms with E-state index in [1.807, 2.05) is 0 Å². The van der Waals surface area contributed by atoms with Crippen molar-refractivity contribution in [3.05, 3.63) is 69.8 Å². The number of nitro groups is 1. The van der Waals surface area contributed by atoms with Crippen LogP contribution < -0.4 is 5.32 Å². The lowest BCUT2D eigenvalue weighted by atomic mass is 10.1. The molecule has 2 rings (SSSR count). The Morgan fingerprint density at radius 2 is 1.19 bits per heavy atom. The van der Waals surface area contributed by atoms with Gasteiger partial charge in [0.1, 0.15) is 5.60 Å². The lowest BCUT2D eigenvalue weighted by Crippen LogP contribution is -2.27. The number of unbranched alkanes of at least 4 members (excludes halogenated alkanes) is 5. The summed E-state index contributed by atoms with van der Waals surface area (Å²) in [6, 6.07) is 11.7. The highest BCUT2D eigenvalue weighted by Gasteiger charge is 2.16. The van der Waals surface area contributed by atoms with Crippen molar-refractivity contribution in [1.82, 2.24) is 0 Å². The van der Waals surface area contributed by atoms with Crippen LogP contribution in [0.3, 0.4) is 0 Å². The predicted molar refractivity (Wildman–Crippen MR) is 138 cm³/mol. The summed E-state index contributed by atoms with van der Waals surface area (Å²) in [5.74, 6) is -0.913. The zero-order valence-electron chi connectivity index (χ0n) is 21.5. The quantitative estimate of drug-likeness (QED) is 0.108. The number of rotatable bonds is 13. The number of carbonyl (C=O) groups is 3. The molecule has 2 aromatic carbocycles. The second-order valence-corrected chi connectivity index (χ2v) is 9.40. The fourth-order valence-corrected chi connectivity index (χ4v) is 3.24. The minimum absolute atomic E-state index is 0.0744. The summed E-state index contributed by atoms with van der Waals surface area (Å²) in [7, 11) is 0. The van der Waals surface area contributed by atoms with Crippen LogP contribution in [0.15, 0.2) is 48.5 Å². The topological polar surface area (TPSA) is 134 Å². The highest BCUT2D eigenvalue weighted by atomic mass is 16.6. The Morgan fingerprint density at radius 1 is 0.757 bits per heavy atom. The largest absolute Gasteiger partial charge is 0.462 e. The molecule has 0 spiro atoms. The van der Waals surface area contributed by atoms with E-state index in [-0.39, 0.29) is 11.3 Å². The molecule has 0 atom stereocenters. The molecule has 0 aromatic heterocycles. The van der Waals surface area contributed by atoms with Gasteiger partial charge >= 0.3 is 18.0 Å². The summed E-state index contributed by atoms with van der Waals surface area (Å²) in [5.41, 5.74) is 0.537. The Labute approximate surface area is 216 Å². The molecule has 1 N–H and O–H groups in total. The molecule has 0 saturated heterocycles. The van der Waals surface area contributed by atoms with E-state index < -0.39 is 28.6 Å². The number of esters is 2. The number of carbonyl (C=O) groups excluding carboxylic acids is 3. The van der Waals surface area contributed by atoms with Gasteiger partial charge in [-0.1, -0.05) is 25.7 Å². The number of nitrogens with one attached hydrogen (secondary N) is 1. The van der Waals surface area contributed by atoms with Crippen LogP contribution in [0.25, 0.3) is 0 Å². The van der Waals surface area contributed by atoms with Crippen molar-refractivity contribution in [1.29, 1.82) is 0 Å². The molecule has 0 fully saturated rings.